The molecule has 0 aliphatic carbocycles. The molecular formula is C25H38N4O3. The van der Waals surface area contributed by atoms with Crippen LogP contribution >= 0.6 is 0 Å². The second-order valence-electron chi connectivity index (χ2n) is 7.72. The number of aliphatic imine (C=N–C) groups is 1. The molecule has 0 fully saturated rings. The van der Waals surface area contributed by atoms with Crippen molar-refractivity contribution in [3.8, 4) is 11.5 Å². The average Bonchev–Trinajstić information content (AvgIpc) is 2.79. The van der Waals surface area contributed by atoms with Crippen LogP contribution in [0.3, 0.4) is 0 Å². The van der Waals surface area contributed by atoms with Crippen LogP contribution < -0.4 is 20.1 Å². The molecule has 0 aliphatic rings. The van der Waals surface area contributed by atoms with Crippen LogP contribution in [0, 0.1) is 6.92 Å². The van der Waals surface area contributed by atoms with Crippen molar-refractivity contribution in [2.45, 2.75) is 26.4 Å². The number of hydrogen-bond donors (Lipinski definition) is 2. The largest absolute Gasteiger partial charge is 0.497 e. The highest BCUT2D eigenvalue weighted by Gasteiger charge is 2.15. The molecule has 2 aromatic carbocycles. The molecule has 0 saturated heterocycles. The number of methoxy groups -OCH3 is 1. The highest BCUT2D eigenvalue weighted by Crippen LogP contribution is 2.22. The summed E-state index contributed by atoms with van der Waals surface area (Å²) < 4.78 is 16.7. The third kappa shape index (κ3) is 8.05. The zero-order valence-electron chi connectivity index (χ0n) is 20.3. The summed E-state index contributed by atoms with van der Waals surface area (Å²) in [7, 11) is 7.61. The summed E-state index contributed by atoms with van der Waals surface area (Å²) in [6, 6.07) is 14.6. The molecule has 0 heterocycles. The van der Waals surface area contributed by atoms with Crippen molar-refractivity contribution in [1.82, 2.24) is 15.5 Å². The maximum atomic E-state index is 5.95. The summed E-state index contributed by atoms with van der Waals surface area (Å²) in [4.78, 5) is 6.57. The smallest absolute Gasteiger partial charge is 0.191 e. The second kappa shape index (κ2) is 13.6. The van der Waals surface area contributed by atoms with Crippen molar-refractivity contribution < 1.29 is 14.2 Å². The first-order chi connectivity index (χ1) is 15.5. The van der Waals surface area contributed by atoms with Gasteiger partial charge in [0.1, 0.15) is 18.1 Å². The van der Waals surface area contributed by atoms with Gasteiger partial charge in [0.25, 0.3) is 0 Å². The third-order valence-corrected chi connectivity index (χ3v) is 5.15. The van der Waals surface area contributed by atoms with Crippen LogP contribution in [0.2, 0.25) is 0 Å². The van der Waals surface area contributed by atoms with Gasteiger partial charge in [-0.15, -0.1) is 0 Å². The third-order valence-electron chi connectivity index (χ3n) is 5.15. The monoisotopic (exact) mass is 442 g/mol. The standard InChI is InChI=1S/C25H38N4O3/c1-7-31-13-14-32-24-15-19(2)11-12-21(24)17-27-25(26-3)28-18-23(29(4)5)20-9-8-10-22(16-20)30-6/h8-12,15-16,23H,7,13-14,17-18H2,1-6H3,(H2,26,27,28). The highest BCUT2D eigenvalue weighted by molar-refractivity contribution is 5.79. The van der Waals surface area contributed by atoms with Gasteiger partial charge in [0, 0.05) is 32.3 Å². The van der Waals surface area contributed by atoms with Gasteiger partial charge in [-0.1, -0.05) is 24.3 Å². The number of guanidine groups is 1. The van der Waals surface area contributed by atoms with E-state index in [9.17, 15) is 0 Å². The van der Waals surface area contributed by atoms with Gasteiger partial charge in [0.05, 0.1) is 19.8 Å². The van der Waals surface area contributed by atoms with Crippen molar-refractivity contribution in [2.24, 2.45) is 4.99 Å². The summed E-state index contributed by atoms with van der Waals surface area (Å²) in [6.45, 7) is 7.15. The Morgan fingerprint density at radius 3 is 2.59 bits per heavy atom. The molecule has 1 unspecified atom stereocenters. The summed E-state index contributed by atoms with van der Waals surface area (Å²) in [6.07, 6.45) is 0. The van der Waals surface area contributed by atoms with E-state index in [1.807, 2.05) is 19.1 Å². The van der Waals surface area contributed by atoms with E-state index < -0.39 is 0 Å². The van der Waals surface area contributed by atoms with Crippen molar-refractivity contribution >= 4 is 5.96 Å². The lowest BCUT2D eigenvalue weighted by molar-refractivity contribution is 0.110. The molecule has 0 radical (unpaired) electrons. The predicted octanol–water partition coefficient (Wildman–Crippen LogP) is 3.39. The molecule has 0 amide bonds. The lowest BCUT2D eigenvalue weighted by Gasteiger charge is -2.26. The number of aryl methyl sites for hydroxylation is 1. The Morgan fingerprint density at radius 2 is 1.91 bits per heavy atom. The van der Waals surface area contributed by atoms with Crippen molar-refractivity contribution in [3.63, 3.8) is 0 Å². The first-order valence-electron chi connectivity index (χ1n) is 11.0. The van der Waals surface area contributed by atoms with Crippen LogP contribution in [-0.4, -0.2) is 65.5 Å². The van der Waals surface area contributed by atoms with Gasteiger partial charge < -0.3 is 29.7 Å². The molecule has 32 heavy (non-hydrogen) atoms. The van der Waals surface area contributed by atoms with Gasteiger partial charge in [-0.25, -0.2) is 0 Å². The number of rotatable bonds is 12. The Balaban J connectivity index is 1.98. The molecule has 0 saturated carbocycles. The molecule has 0 aromatic heterocycles. The first kappa shape index (κ1) is 25.5. The number of likely N-dealkylation sites (N-methyl/N-ethyl adjacent to an activating group) is 1. The van der Waals surface area contributed by atoms with Crippen LogP contribution in [0.15, 0.2) is 47.5 Å². The Hall–Kier alpha value is -2.77. The number of benzene rings is 2. The lowest BCUT2D eigenvalue weighted by Crippen LogP contribution is -2.41. The lowest BCUT2D eigenvalue weighted by atomic mass is 10.1. The van der Waals surface area contributed by atoms with Gasteiger partial charge in [-0.2, -0.15) is 0 Å². The topological polar surface area (TPSA) is 67.3 Å². The van der Waals surface area contributed by atoms with Gasteiger partial charge in [-0.05, 0) is 57.3 Å². The SMILES string of the molecule is CCOCCOc1cc(C)ccc1CNC(=NC)NCC(c1cccc(OC)c1)N(C)C. The molecule has 2 N–H and O–H groups in total. The molecule has 0 aliphatic heterocycles. The minimum absolute atomic E-state index is 0.167. The Morgan fingerprint density at radius 1 is 1.09 bits per heavy atom. The van der Waals surface area contributed by atoms with Crippen LogP contribution in [-0.2, 0) is 11.3 Å². The number of hydrogen-bond acceptors (Lipinski definition) is 5. The number of nitrogens with one attached hydrogen (secondary N) is 2. The molecule has 1 atom stereocenters. The fourth-order valence-corrected chi connectivity index (χ4v) is 3.34. The Labute approximate surface area is 192 Å². The van der Waals surface area contributed by atoms with Crippen LogP contribution in [0.4, 0.5) is 0 Å². The van der Waals surface area contributed by atoms with Crippen molar-refractivity contribution in [3.05, 3.63) is 59.2 Å². The molecule has 2 aromatic rings. The van der Waals surface area contributed by atoms with Crippen LogP contribution in [0.5, 0.6) is 11.5 Å². The van der Waals surface area contributed by atoms with Gasteiger partial charge in [-0.3, -0.25) is 4.99 Å². The van der Waals surface area contributed by atoms with E-state index in [1.54, 1.807) is 14.2 Å². The Kier molecular flexibility index (Phi) is 10.8. The second-order valence-corrected chi connectivity index (χ2v) is 7.72. The van der Waals surface area contributed by atoms with E-state index in [0.717, 1.165) is 28.6 Å². The van der Waals surface area contributed by atoms with Gasteiger partial charge in [0.15, 0.2) is 5.96 Å². The van der Waals surface area contributed by atoms with E-state index in [-0.39, 0.29) is 6.04 Å². The normalized spacial score (nSPS) is 12.5. The summed E-state index contributed by atoms with van der Waals surface area (Å²) in [5.41, 5.74) is 3.42. The minimum Gasteiger partial charge on any atom is -0.497 e. The van der Waals surface area contributed by atoms with E-state index >= 15 is 0 Å². The fraction of sp³-hybridized carbons (Fsp3) is 0.480. The summed E-state index contributed by atoms with van der Waals surface area (Å²) in [5, 5.41) is 6.84. The van der Waals surface area contributed by atoms with Crippen molar-refractivity contribution in [1.29, 1.82) is 0 Å². The minimum atomic E-state index is 0.167. The molecule has 7 nitrogen and oxygen atoms in total. The van der Waals surface area contributed by atoms with Crippen LogP contribution in [0.25, 0.3) is 0 Å². The van der Waals surface area contributed by atoms with E-state index in [1.165, 1.54) is 5.56 Å². The molecule has 7 heteroatoms. The molecule has 176 valence electrons. The summed E-state index contributed by atoms with van der Waals surface area (Å²) >= 11 is 0. The molecule has 0 spiro atoms. The zero-order chi connectivity index (χ0) is 23.3. The molecular weight excluding hydrogens is 404 g/mol. The zero-order valence-corrected chi connectivity index (χ0v) is 20.3. The average molecular weight is 443 g/mol. The van der Waals surface area contributed by atoms with Gasteiger partial charge >= 0.3 is 0 Å². The van der Waals surface area contributed by atoms with E-state index in [2.05, 4.69) is 71.9 Å². The van der Waals surface area contributed by atoms with E-state index in [4.69, 9.17) is 14.2 Å². The molecule has 0 bridgehead atoms. The first-order valence-corrected chi connectivity index (χ1v) is 11.0. The quantitative estimate of drug-likeness (QED) is 0.298. The molecule has 2 rings (SSSR count). The number of nitrogens with zero attached hydrogens (tertiary/aromatic N) is 2. The highest BCUT2D eigenvalue weighted by atomic mass is 16.5. The maximum absolute atomic E-state index is 5.95. The fourth-order valence-electron chi connectivity index (χ4n) is 3.34. The van der Waals surface area contributed by atoms with E-state index in [0.29, 0.717) is 32.9 Å². The predicted molar refractivity (Wildman–Crippen MR) is 131 cm³/mol. The maximum Gasteiger partial charge on any atom is 0.191 e. The number of ether oxygens (including phenoxy) is 3. The summed E-state index contributed by atoms with van der Waals surface area (Å²) in [5.74, 6) is 2.46. The van der Waals surface area contributed by atoms with Gasteiger partial charge in [0.2, 0.25) is 0 Å². The Bertz CT molecular complexity index is 855. The van der Waals surface area contributed by atoms with Crippen molar-refractivity contribution in [2.75, 3.05) is 54.6 Å². The van der Waals surface area contributed by atoms with Crippen LogP contribution in [0.1, 0.15) is 29.7 Å².